The average molecular weight is 375 g/mol. The number of carbonyl (C=O) groups is 1. The smallest absolute Gasteiger partial charge is 0.253 e. The van der Waals surface area contributed by atoms with Crippen molar-refractivity contribution in [2.24, 2.45) is 5.92 Å². The van der Waals surface area contributed by atoms with Crippen molar-refractivity contribution in [1.82, 2.24) is 10.2 Å². The third-order valence-corrected chi connectivity index (χ3v) is 5.82. The molecule has 0 aromatic heterocycles. The van der Waals surface area contributed by atoms with Gasteiger partial charge in [0.2, 0.25) is 0 Å². The minimum absolute atomic E-state index is 0.149. The Morgan fingerprint density at radius 3 is 2.60 bits per heavy atom. The van der Waals surface area contributed by atoms with E-state index in [2.05, 4.69) is 17.4 Å². The van der Waals surface area contributed by atoms with Gasteiger partial charge in [0.05, 0.1) is 0 Å². The van der Waals surface area contributed by atoms with E-state index in [0.717, 1.165) is 42.4 Å². The number of hydrogen-bond donors (Lipinski definition) is 1. The monoisotopic (exact) mass is 374 g/mol. The first-order valence-electron chi connectivity index (χ1n) is 8.57. The van der Waals surface area contributed by atoms with E-state index in [1.807, 2.05) is 48.3 Å². The molecule has 3 nitrogen and oxygen atoms in total. The van der Waals surface area contributed by atoms with Crippen LogP contribution in [0.2, 0.25) is 5.02 Å². The maximum absolute atomic E-state index is 12.6. The molecule has 0 bridgehead atoms. The van der Waals surface area contributed by atoms with Crippen LogP contribution in [0.3, 0.4) is 0 Å². The fourth-order valence-electron chi connectivity index (χ4n) is 3.10. The van der Waals surface area contributed by atoms with E-state index in [4.69, 9.17) is 11.6 Å². The maximum atomic E-state index is 12.6. The van der Waals surface area contributed by atoms with E-state index in [1.165, 1.54) is 10.5 Å². The van der Waals surface area contributed by atoms with Crippen LogP contribution in [0.5, 0.6) is 0 Å². The van der Waals surface area contributed by atoms with Gasteiger partial charge >= 0.3 is 0 Å². The fourth-order valence-corrected chi connectivity index (χ4v) is 4.08. The largest absolute Gasteiger partial charge is 0.338 e. The van der Waals surface area contributed by atoms with Crippen molar-refractivity contribution in [2.75, 3.05) is 26.7 Å². The molecule has 3 rings (SSSR count). The number of nitrogens with one attached hydrogen (secondary N) is 1. The van der Waals surface area contributed by atoms with Gasteiger partial charge in [0.15, 0.2) is 0 Å². The van der Waals surface area contributed by atoms with Crippen LogP contribution >= 0.6 is 23.4 Å². The summed E-state index contributed by atoms with van der Waals surface area (Å²) in [6.45, 7) is 2.69. The zero-order valence-corrected chi connectivity index (χ0v) is 15.9. The van der Waals surface area contributed by atoms with E-state index in [1.54, 1.807) is 11.8 Å². The molecular weight excluding hydrogens is 352 g/mol. The summed E-state index contributed by atoms with van der Waals surface area (Å²) < 4.78 is 0. The number of thioether (sulfide) groups is 1. The second-order valence-corrected chi connectivity index (χ2v) is 7.89. The van der Waals surface area contributed by atoms with Gasteiger partial charge < -0.3 is 10.2 Å². The summed E-state index contributed by atoms with van der Waals surface area (Å²) in [5.74, 6) is 1.60. The first-order chi connectivity index (χ1) is 12.2. The average Bonchev–Trinajstić information content (AvgIpc) is 3.10. The molecule has 25 heavy (non-hydrogen) atoms. The van der Waals surface area contributed by atoms with E-state index < -0.39 is 0 Å². The Kier molecular flexibility index (Phi) is 6.40. The van der Waals surface area contributed by atoms with Crippen LogP contribution < -0.4 is 5.32 Å². The van der Waals surface area contributed by atoms with Crippen LogP contribution in [0.15, 0.2) is 53.4 Å². The third-order valence-electron chi connectivity index (χ3n) is 4.49. The molecule has 1 N–H and O–H groups in total. The van der Waals surface area contributed by atoms with Crippen LogP contribution in [-0.2, 0) is 5.75 Å². The molecule has 1 aliphatic rings. The Balaban J connectivity index is 1.55. The highest BCUT2D eigenvalue weighted by Gasteiger charge is 2.26. The highest BCUT2D eigenvalue weighted by molar-refractivity contribution is 7.98. The molecule has 1 amide bonds. The quantitative estimate of drug-likeness (QED) is 0.764. The van der Waals surface area contributed by atoms with Crippen molar-refractivity contribution in [3.05, 3.63) is 64.7 Å². The molecule has 0 spiro atoms. The van der Waals surface area contributed by atoms with Gasteiger partial charge in [-0.1, -0.05) is 23.7 Å². The first kappa shape index (κ1) is 18.3. The van der Waals surface area contributed by atoms with Gasteiger partial charge in [-0.2, -0.15) is 0 Å². The molecule has 1 atom stereocenters. The van der Waals surface area contributed by atoms with Crippen LogP contribution in [-0.4, -0.2) is 37.5 Å². The maximum Gasteiger partial charge on any atom is 0.253 e. The van der Waals surface area contributed by atoms with Crippen molar-refractivity contribution < 1.29 is 4.79 Å². The number of likely N-dealkylation sites (tertiary alicyclic amines) is 1. The highest BCUT2D eigenvalue weighted by Crippen LogP contribution is 2.25. The lowest BCUT2D eigenvalue weighted by Gasteiger charge is -2.17. The highest BCUT2D eigenvalue weighted by atomic mass is 35.5. The van der Waals surface area contributed by atoms with Crippen molar-refractivity contribution in [1.29, 1.82) is 0 Å². The molecule has 1 unspecified atom stereocenters. The normalized spacial score (nSPS) is 17.0. The number of amides is 1. The van der Waals surface area contributed by atoms with Gasteiger partial charge in [-0.3, -0.25) is 4.79 Å². The predicted octanol–water partition coefficient (Wildman–Crippen LogP) is 4.31. The van der Waals surface area contributed by atoms with Crippen LogP contribution in [0.1, 0.15) is 22.3 Å². The second-order valence-electron chi connectivity index (χ2n) is 6.40. The van der Waals surface area contributed by atoms with Gasteiger partial charge in [-0.05, 0) is 67.9 Å². The van der Waals surface area contributed by atoms with E-state index >= 15 is 0 Å². The van der Waals surface area contributed by atoms with E-state index in [0.29, 0.717) is 5.92 Å². The van der Waals surface area contributed by atoms with Crippen molar-refractivity contribution in [2.45, 2.75) is 17.1 Å². The standard InChI is InChI=1S/C20H23ClN2OS/c1-22-12-16-10-11-23(13-16)20(24)17-4-2-15(3-5-17)14-25-19-8-6-18(21)7-9-19/h2-9,16,22H,10-14H2,1H3. The molecule has 5 heteroatoms. The Morgan fingerprint density at radius 1 is 1.20 bits per heavy atom. The number of nitrogens with zero attached hydrogens (tertiary/aromatic N) is 1. The van der Waals surface area contributed by atoms with Crippen molar-refractivity contribution in [3.8, 4) is 0 Å². The Hall–Kier alpha value is -1.49. The SMILES string of the molecule is CNCC1CCN(C(=O)c2ccc(CSc3ccc(Cl)cc3)cc2)C1. The molecule has 132 valence electrons. The van der Waals surface area contributed by atoms with Crippen molar-refractivity contribution in [3.63, 3.8) is 0 Å². The van der Waals surface area contributed by atoms with Crippen molar-refractivity contribution >= 4 is 29.3 Å². The lowest BCUT2D eigenvalue weighted by Crippen LogP contribution is -2.30. The number of benzene rings is 2. The molecule has 0 saturated carbocycles. The molecule has 1 saturated heterocycles. The molecule has 0 aliphatic carbocycles. The van der Waals surface area contributed by atoms with Crippen LogP contribution in [0.25, 0.3) is 0 Å². The van der Waals surface area contributed by atoms with Gasteiger partial charge in [-0.25, -0.2) is 0 Å². The number of carbonyl (C=O) groups excluding carboxylic acids is 1. The minimum atomic E-state index is 0.149. The first-order valence-corrected chi connectivity index (χ1v) is 9.93. The molecular formula is C20H23ClN2OS. The van der Waals surface area contributed by atoms with Gasteiger partial charge in [0.25, 0.3) is 5.91 Å². The molecule has 1 fully saturated rings. The summed E-state index contributed by atoms with van der Waals surface area (Å²) in [7, 11) is 1.96. The molecule has 0 radical (unpaired) electrons. The third kappa shape index (κ3) is 5.00. The van der Waals surface area contributed by atoms with Crippen LogP contribution in [0, 0.1) is 5.92 Å². The molecule has 1 heterocycles. The molecule has 2 aromatic carbocycles. The van der Waals surface area contributed by atoms with Gasteiger partial charge in [-0.15, -0.1) is 11.8 Å². The number of hydrogen-bond acceptors (Lipinski definition) is 3. The predicted molar refractivity (Wildman–Crippen MR) is 105 cm³/mol. The Bertz CT molecular complexity index is 703. The van der Waals surface area contributed by atoms with Gasteiger partial charge in [0, 0.05) is 34.3 Å². The Labute approximate surface area is 158 Å². The second kappa shape index (κ2) is 8.75. The summed E-state index contributed by atoms with van der Waals surface area (Å²) in [6, 6.07) is 15.9. The van der Waals surface area contributed by atoms with Gasteiger partial charge in [0.1, 0.15) is 0 Å². The summed E-state index contributed by atoms with van der Waals surface area (Å²) in [5, 5.41) is 3.95. The summed E-state index contributed by atoms with van der Waals surface area (Å²) in [4.78, 5) is 15.8. The molecule has 1 aliphatic heterocycles. The number of rotatable bonds is 6. The topological polar surface area (TPSA) is 32.3 Å². The van der Waals surface area contributed by atoms with E-state index in [9.17, 15) is 4.79 Å². The summed E-state index contributed by atoms with van der Waals surface area (Å²) >= 11 is 7.67. The zero-order valence-electron chi connectivity index (χ0n) is 14.4. The zero-order chi connectivity index (χ0) is 17.6. The molecule has 2 aromatic rings. The van der Waals surface area contributed by atoms with E-state index in [-0.39, 0.29) is 5.91 Å². The minimum Gasteiger partial charge on any atom is -0.338 e. The summed E-state index contributed by atoms with van der Waals surface area (Å²) in [6.07, 6.45) is 1.09. The summed E-state index contributed by atoms with van der Waals surface area (Å²) in [5.41, 5.74) is 2.00. The lowest BCUT2D eigenvalue weighted by molar-refractivity contribution is 0.0787. The Morgan fingerprint density at radius 2 is 1.92 bits per heavy atom. The fraction of sp³-hybridized carbons (Fsp3) is 0.350. The lowest BCUT2D eigenvalue weighted by atomic mass is 10.1. The van der Waals surface area contributed by atoms with Crippen LogP contribution in [0.4, 0.5) is 0 Å². The number of halogens is 1.